The third-order valence-electron chi connectivity index (χ3n) is 7.66. The summed E-state index contributed by atoms with van der Waals surface area (Å²) in [5.41, 5.74) is 4.89. The van der Waals surface area contributed by atoms with E-state index in [1.807, 2.05) is 58.0 Å². The van der Waals surface area contributed by atoms with Gasteiger partial charge in [0.25, 0.3) is 0 Å². The Bertz CT molecular complexity index is 1340. The number of aromatic hydroxyl groups is 1. The van der Waals surface area contributed by atoms with E-state index in [9.17, 15) is 9.90 Å². The molecule has 0 radical (unpaired) electrons. The average molecular weight is 532 g/mol. The standard InChI is InChI=1S/C30H31BClNO5/c1-29(2)30(3,4)38-31(37-29)20(15-19-13-14-21(34)16-27(19)32)17-33-28(35)36-18-26-24-11-7-5-9-22(24)23-10-6-8-12-25(23)26/h5-16,26,34H,17-18H2,1-4H3,(H,33,35). The summed E-state index contributed by atoms with van der Waals surface area (Å²) in [5.74, 6) is 0.0446. The molecule has 1 amide bonds. The van der Waals surface area contributed by atoms with Crippen LogP contribution in [-0.4, -0.2) is 42.7 Å². The fraction of sp³-hybridized carbons (Fsp3) is 0.300. The summed E-state index contributed by atoms with van der Waals surface area (Å²) in [5, 5.41) is 13.0. The number of phenolic OH excluding ortho intramolecular Hbond substituents is 1. The van der Waals surface area contributed by atoms with E-state index < -0.39 is 24.4 Å². The van der Waals surface area contributed by atoms with E-state index in [0.29, 0.717) is 16.1 Å². The van der Waals surface area contributed by atoms with Crippen molar-refractivity contribution in [3.63, 3.8) is 0 Å². The van der Waals surface area contributed by atoms with Crippen molar-refractivity contribution in [1.29, 1.82) is 0 Å². The van der Waals surface area contributed by atoms with E-state index in [4.69, 9.17) is 25.6 Å². The van der Waals surface area contributed by atoms with Crippen LogP contribution in [0.4, 0.5) is 4.79 Å². The number of halogens is 1. The highest BCUT2D eigenvalue weighted by molar-refractivity contribution is 6.56. The first kappa shape index (κ1) is 26.4. The van der Waals surface area contributed by atoms with Gasteiger partial charge < -0.3 is 24.5 Å². The molecule has 2 aliphatic rings. The molecule has 3 aromatic rings. The molecule has 1 aliphatic heterocycles. The number of rotatable bonds is 6. The number of fused-ring (bicyclic) bond motifs is 3. The third kappa shape index (κ3) is 5.06. The molecule has 1 heterocycles. The van der Waals surface area contributed by atoms with Crippen LogP contribution in [0.15, 0.2) is 72.2 Å². The third-order valence-corrected chi connectivity index (χ3v) is 7.99. The number of amides is 1. The van der Waals surface area contributed by atoms with Crippen molar-refractivity contribution < 1.29 is 23.9 Å². The molecule has 8 heteroatoms. The van der Waals surface area contributed by atoms with Gasteiger partial charge in [-0.1, -0.05) is 66.2 Å². The van der Waals surface area contributed by atoms with Gasteiger partial charge in [0, 0.05) is 12.5 Å². The second-order valence-electron chi connectivity index (χ2n) is 10.7. The van der Waals surface area contributed by atoms with Crippen molar-refractivity contribution in [3.8, 4) is 16.9 Å². The van der Waals surface area contributed by atoms with Crippen molar-refractivity contribution in [2.45, 2.75) is 44.8 Å². The van der Waals surface area contributed by atoms with E-state index in [0.717, 1.165) is 11.1 Å². The van der Waals surface area contributed by atoms with Gasteiger partial charge >= 0.3 is 13.2 Å². The van der Waals surface area contributed by atoms with Crippen molar-refractivity contribution in [2.24, 2.45) is 0 Å². The normalized spacial score (nSPS) is 17.7. The minimum Gasteiger partial charge on any atom is -0.508 e. The molecular weight excluding hydrogens is 501 g/mol. The number of alkyl carbamates (subject to hydrolysis) is 1. The van der Waals surface area contributed by atoms with Crippen LogP contribution < -0.4 is 5.32 Å². The Morgan fingerprint density at radius 2 is 1.58 bits per heavy atom. The monoisotopic (exact) mass is 531 g/mol. The topological polar surface area (TPSA) is 77.0 Å². The summed E-state index contributed by atoms with van der Waals surface area (Å²) in [6, 6.07) is 21.2. The Labute approximate surface area is 228 Å². The molecule has 5 rings (SSSR count). The zero-order valence-corrected chi connectivity index (χ0v) is 22.7. The highest BCUT2D eigenvalue weighted by Crippen LogP contribution is 2.44. The van der Waals surface area contributed by atoms with Gasteiger partial charge in [0.2, 0.25) is 0 Å². The molecule has 0 bridgehead atoms. The van der Waals surface area contributed by atoms with Crippen molar-refractivity contribution >= 4 is 30.9 Å². The molecule has 38 heavy (non-hydrogen) atoms. The van der Waals surface area contributed by atoms with Crippen molar-refractivity contribution in [3.05, 3.63) is 93.9 Å². The maximum Gasteiger partial charge on any atom is 0.492 e. The minimum absolute atomic E-state index is 0.0259. The smallest absolute Gasteiger partial charge is 0.492 e. The number of benzene rings is 3. The Kier molecular flexibility index (Phi) is 7.03. The molecule has 196 valence electrons. The number of hydrogen-bond acceptors (Lipinski definition) is 5. The molecule has 0 spiro atoms. The van der Waals surface area contributed by atoms with Gasteiger partial charge in [-0.15, -0.1) is 0 Å². The van der Waals surface area contributed by atoms with Crippen molar-refractivity contribution in [2.75, 3.05) is 13.2 Å². The Balaban J connectivity index is 1.31. The van der Waals surface area contributed by atoms with Gasteiger partial charge in [0.05, 0.1) is 16.2 Å². The maximum absolute atomic E-state index is 12.9. The number of nitrogens with one attached hydrogen (secondary N) is 1. The van der Waals surface area contributed by atoms with Gasteiger partial charge in [-0.25, -0.2) is 4.79 Å². The van der Waals surface area contributed by atoms with Crippen LogP contribution in [0.1, 0.15) is 50.3 Å². The van der Waals surface area contributed by atoms with Gasteiger partial charge in [-0.05, 0) is 79.2 Å². The largest absolute Gasteiger partial charge is 0.508 e. The van der Waals surface area contributed by atoms with Crippen LogP contribution in [0.5, 0.6) is 5.75 Å². The van der Waals surface area contributed by atoms with E-state index >= 15 is 0 Å². The summed E-state index contributed by atoms with van der Waals surface area (Å²) >= 11 is 6.36. The zero-order chi connectivity index (χ0) is 27.1. The number of carbonyl (C=O) groups is 1. The number of ether oxygens (including phenoxy) is 1. The van der Waals surface area contributed by atoms with E-state index in [1.54, 1.807) is 12.1 Å². The molecule has 6 nitrogen and oxygen atoms in total. The lowest BCUT2D eigenvalue weighted by molar-refractivity contribution is 0.00578. The Hall–Kier alpha value is -3.26. The van der Waals surface area contributed by atoms with Gasteiger partial charge in [-0.2, -0.15) is 0 Å². The average Bonchev–Trinajstić information content (AvgIpc) is 3.30. The highest BCUT2D eigenvalue weighted by atomic mass is 35.5. The fourth-order valence-electron chi connectivity index (χ4n) is 4.85. The Morgan fingerprint density at radius 3 is 2.16 bits per heavy atom. The van der Waals surface area contributed by atoms with Gasteiger partial charge in [-0.3, -0.25) is 0 Å². The second kappa shape index (κ2) is 10.1. The first-order valence-corrected chi connectivity index (χ1v) is 13.1. The number of hydrogen-bond donors (Lipinski definition) is 2. The van der Waals surface area contributed by atoms with E-state index in [1.165, 1.54) is 17.2 Å². The first-order chi connectivity index (χ1) is 18.1. The quantitative estimate of drug-likeness (QED) is 0.351. The van der Waals surface area contributed by atoms with Gasteiger partial charge in [0.15, 0.2) is 0 Å². The summed E-state index contributed by atoms with van der Waals surface area (Å²) in [7, 11) is -0.696. The maximum atomic E-state index is 12.9. The van der Waals surface area contributed by atoms with Crippen LogP contribution in [0, 0.1) is 0 Å². The number of phenols is 1. The molecule has 0 saturated carbocycles. The summed E-state index contributed by atoms with van der Waals surface area (Å²) in [4.78, 5) is 12.9. The molecule has 0 aromatic heterocycles. The van der Waals surface area contributed by atoms with E-state index in [2.05, 4.69) is 29.6 Å². The highest BCUT2D eigenvalue weighted by Gasteiger charge is 2.52. The van der Waals surface area contributed by atoms with Gasteiger partial charge in [0.1, 0.15) is 12.4 Å². The van der Waals surface area contributed by atoms with Crippen LogP contribution in [-0.2, 0) is 14.0 Å². The van der Waals surface area contributed by atoms with Crippen LogP contribution in [0.2, 0.25) is 5.02 Å². The molecule has 2 N–H and O–H groups in total. The molecule has 0 unspecified atom stereocenters. The first-order valence-electron chi connectivity index (χ1n) is 12.7. The molecule has 1 aliphatic carbocycles. The predicted molar refractivity (Wildman–Crippen MR) is 150 cm³/mol. The van der Waals surface area contributed by atoms with Crippen LogP contribution in [0.3, 0.4) is 0 Å². The van der Waals surface area contributed by atoms with Crippen molar-refractivity contribution in [1.82, 2.24) is 5.32 Å². The molecule has 0 atom stereocenters. The Morgan fingerprint density at radius 1 is 1.00 bits per heavy atom. The lowest BCUT2D eigenvalue weighted by Crippen LogP contribution is -2.41. The van der Waals surface area contributed by atoms with E-state index in [-0.39, 0.29) is 24.8 Å². The summed E-state index contributed by atoms with van der Waals surface area (Å²) < 4.78 is 18.2. The predicted octanol–water partition coefficient (Wildman–Crippen LogP) is 6.60. The molecule has 1 saturated heterocycles. The number of carbonyl (C=O) groups excluding carboxylic acids is 1. The SMILES string of the molecule is CC1(C)OB(C(=Cc2ccc(O)cc2Cl)CNC(=O)OCC2c3ccccc3-c3ccccc32)OC1(C)C. The molecular formula is C30H31BClNO5. The lowest BCUT2D eigenvalue weighted by Gasteiger charge is -2.32. The zero-order valence-electron chi connectivity index (χ0n) is 22.0. The molecule has 3 aromatic carbocycles. The summed E-state index contributed by atoms with van der Waals surface area (Å²) in [6.07, 6.45) is 1.28. The summed E-state index contributed by atoms with van der Waals surface area (Å²) in [6.45, 7) is 8.23. The van der Waals surface area contributed by atoms with Crippen LogP contribution >= 0.6 is 11.6 Å². The lowest BCUT2D eigenvalue weighted by atomic mass is 9.77. The molecule has 1 fully saturated rings. The second-order valence-corrected chi connectivity index (χ2v) is 11.1. The fourth-order valence-corrected chi connectivity index (χ4v) is 5.08. The van der Waals surface area contributed by atoms with Crippen LogP contribution in [0.25, 0.3) is 17.2 Å². The minimum atomic E-state index is -0.696.